The summed E-state index contributed by atoms with van der Waals surface area (Å²) in [7, 11) is 0. The van der Waals surface area contributed by atoms with Gasteiger partial charge in [-0.3, -0.25) is 0 Å². The highest BCUT2D eigenvalue weighted by Gasteiger charge is 2.29. The molecule has 4 aromatic rings. The minimum atomic E-state index is -1.11. The third-order valence-corrected chi connectivity index (χ3v) is 9.83. The summed E-state index contributed by atoms with van der Waals surface area (Å²) in [6, 6.07) is 28.9. The van der Waals surface area contributed by atoms with Gasteiger partial charge in [-0.1, -0.05) is 81.4 Å². The normalized spacial score (nSPS) is 13.2. The molecule has 5 unspecified atom stereocenters. The van der Waals surface area contributed by atoms with Crippen LogP contribution in [0.3, 0.4) is 0 Å². The minimum Gasteiger partial charge on any atom is -0.491 e. The van der Waals surface area contributed by atoms with E-state index in [0.717, 1.165) is 52.6 Å². The Morgan fingerprint density at radius 3 is 0.857 bits per heavy atom. The molecule has 3 N–H and O–H groups in total. The molecular weight excluding hydrogens is 909 g/mol. The lowest BCUT2D eigenvalue weighted by Crippen LogP contribution is -2.30. The number of hydrogen-bond acceptors (Lipinski definition) is 17. The van der Waals surface area contributed by atoms with E-state index in [9.17, 15) is 39.3 Å². The Balaban J connectivity index is 1.73. The highest BCUT2D eigenvalue weighted by molar-refractivity contribution is 5.82. The predicted octanol–water partition coefficient (Wildman–Crippen LogP) is 5.26. The van der Waals surface area contributed by atoms with Crippen LogP contribution >= 0.6 is 0 Å². The van der Waals surface area contributed by atoms with E-state index in [4.69, 9.17) is 42.6 Å². The van der Waals surface area contributed by atoms with E-state index in [1.807, 2.05) is 48.5 Å². The van der Waals surface area contributed by atoms with Crippen LogP contribution in [0.1, 0.15) is 34.1 Å². The number of aliphatic hydroxyl groups excluding tert-OH is 3. The second-order valence-corrected chi connectivity index (χ2v) is 15.0. The number of rotatable bonds is 31. The van der Waals surface area contributed by atoms with Gasteiger partial charge in [0.05, 0.1) is 0 Å². The summed E-state index contributed by atoms with van der Waals surface area (Å²) in [6.45, 7) is 15.0. The standard InChI is InChI=1S/C53H56O17/c1-6-47(57)66-30-39(54)27-62-42-19-11-35(12-20-42)52(36-13-21-43(22-14-36)63-28-40(55)31-67-48(58)7-2)53(37-15-23-44(24-16-37)64-29-41(56)32-68-49(59)8-3)38-17-25-45(26-18-38)65-33-46(70-51(61)10-5)34-69-50(60)9-4/h6-26,39-41,46,52-56H,1-5,27-34H2. The topological polar surface area (TPSA) is 229 Å². The molecule has 0 bridgehead atoms. The molecule has 0 spiro atoms. The van der Waals surface area contributed by atoms with Crippen molar-refractivity contribution in [3.05, 3.63) is 183 Å². The molecular formula is C53H56O17. The average Bonchev–Trinajstić information content (AvgIpc) is 3.39. The van der Waals surface area contributed by atoms with Crippen LogP contribution in [0.4, 0.5) is 0 Å². The van der Waals surface area contributed by atoms with Gasteiger partial charge in [-0.2, -0.15) is 0 Å². The molecule has 17 heteroatoms. The van der Waals surface area contributed by atoms with Crippen molar-refractivity contribution in [1.29, 1.82) is 0 Å². The fraction of sp³-hybridized carbons (Fsp3) is 0.264. The second-order valence-electron chi connectivity index (χ2n) is 15.0. The van der Waals surface area contributed by atoms with Gasteiger partial charge in [-0.05, 0) is 70.8 Å². The van der Waals surface area contributed by atoms with Crippen molar-refractivity contribution in [2.24, 2.45) is 0 Å². The van der Waals surface area contributed by atoms with E-state index in [1.165, 1.54) is 0 Å². The predicted molar refractivity (Wildman–Crippen MR) is 254 cm³/mol. The van der Waals surface area contributed by atoms with Crippen LogP contribution in [0, 0.1) is 0 Å². The molecule has 0 aliphatic carbocycles. The number of aliphatic hydroxyl groups is 3. The lowest BCUT2D eigenvalue weighted by Gasteiger charge is -2.30. The average molecular weight is 965 g/mol. The molecule has 0 saturated carbocycles. The summed E-state index contributed by atoms with van der Waals surface area (Å²) in [4.78, 5) is 58.3. The molecule has 0 saturated heterocycles. The Hall–Kier alpha value is -7.99. The monoisotopic (exact) mass is 964 g/mol. The SMILES string of the molecule is C=CC(=O)OCC(O)COc1ccc(C(c2ccc(OCC(O)COC(=O)C=C)cc2)C(c2ccc(OCC(O)COC(=O)C=C)cc2)c2ccc(OCC(COC(=O)C=C)OC(=O)C=C)cc2)cc1. The third kappa shape index (κ3) is 18.6. The first kappa shape index (κ1) is 54.6. The van der Waals surface area contributed by atoms with E-state index >= 15 is 0 Å². The Kier molecular flexibility index (Phi) is 22.6. The maximum atomic E-state index is 12.0. The molecule has 17 nitrogen and oxygen atoms in total. The number of carbonyl (C=O) groups excluding carboxylic acids is 5. The molecule has 370 valence electrons. The first-order valence-corrected chi connectivity index (χ1v) is 21.7. The summed E-state index contributed by atoms with van der Waals surface area (Å²) in [5.41, 5.74) is 3.28. The van der Waals surface area contributed by atoms with Crippen LogP contribution < -0.4 is 18.9 Å². The van der Waals surface area contributed by atoms with Crippen LogP contribution in [0.25, 0.3) is 0 Å². The van der Waals surface area contributed by atoms with Gasteiger partial charge in [-0.25, -0.2) is 24.0 Å². The number of ether oxygens (including phenoxy) is 9. The van der Waals surface area contributed by atoms with Crippen molar-refractivity contribution in [3.63, 3.8) is 0 Å². The van der Waals surface area contributed by atoms with E-state index in [0.29, 0.717) is 23.0 Å². The highest BCUT2D eigenvalue weighted by Crippen LogP contribution is 2.44. The zero-order valence-electron chi connectivity index (χ0n) is 38.3. The van der Waals surface area contributed by atoms with Gasteiger partial charge in [0, 0.05) is 42.2 Å². The molecule has 0 aromatic heterocycles. The molecule has 4 rings (SSSR count). The van der Waals surface area contributed by atoms with Gasteiger partial charge < -0.3 is 58.0 Å². The molecule has 70 heavy (non-hydrogen) atoms. The smallest absolute Gasteiger partial charge is 0.330 e. The number of carbonyl (C=O) groups is 5. The van der Waals surface area contributed by atoms with Gasteiger partial charge in [0.1, 0.15) is 94.2 Å². The van der Waals surface area contributed by atoms with Crippen molar-refractivity contribution in [1.82, 2.24) is 0 Å². The summed E-state index contributed by atoms with van der Waals surface area (Å²) in [5, 5.41) is 31.1. The van der Waals surface area contributed by atoms with Crippen LogP contribution in [0.5, 0.6) is 23.0 Å². The zero-order valence-corrected chi connectivity index (χ0v) is 38.3. The largest absolute Gasteiger partial charge is 0.491 e. The Morgan fingerprint density at radius 2 is 0.600 bits per heavy atom. The molecule has 0 amide bonds. The van der Waals surface area contributed by atoms with Crippen molar-refractivity contribution < 1.29 is 81.9 Å². The zero-order chi connectivity index (χ0) is 50.8. The molecule has 4 aromatic carbocycles. The first-order chi connectivity index (χ1) is 33.7. The van der Waals surface area contributed by atoms with E-state index in [2.05, 4.69) is 32.9 Å². The minimum absolute atomic E-state index is 0.167. The van der Waals surface area contributed by atoms with Gasteiger partial charge in [0.25, 0.3) is 0 Å². The van der Waals surface area contributed by atoms with Crippen LogP contribution in [-0.4, -0.2) is 122 Å². The molecule has 0 aliphatic rings. The maximum Gasteiger partial charge on any atom is 0.330 e. The molecule has 0 radical (unpaired) electrons. The number of esters is 5. The summed E-state index contributed by atoms with van der Waals surface area (Å²) >= 11 is 0. The maximum absolute atomic E-state index is 12.0. The summed E-state index contributed by atoms with van der Waals surface area (Å²) in [5.74, 6) is -2.69. The highest BCUT2D eigenvalue weighted by atomic mass is 16.6. The number of benzene rings is 4. The van der Waals surface area contributed by atoms with Crippen molar-refractivity contribution in [2.45, 2.75) is 36.3 Å². The van der Waals surface area contributed by atoms with Crippen LogP contribution in [0.2, 0.25) is 0 Å². The molecule has 5 atom stereocenters. The fourth-order valence-corrected chi connectivity index (χ4v) is 6.43. The Morgan fingerprint density at radius 1 is 0.357 bits per heavy atom. The third-order valence-electron chi connectivity index (χ3n) is 9.83. The van der Waals surface area contributed by atoms with Crippen molar-refractivity contribution >= 4 is 29.8 Å². The van der Waals surface area contributed by atoms with Crippen LogP contribution in [0.15, 0.2) is 160 Å². The van der Waals surface area contributed by atoms with Gasteiger partial charge in [0.2, 0.25) is 0 Å². The Bertz CT molecular complexity index is 2280. The molecule has 0 aliphatic heterocycles. The lowest BCUT2D eigenvalue weighted by atomic mass is 9.73. The van der Waals surface area contributed by atoms with Crippen molar-refractivity contribution in [3.8, 4) is 23.0 Å². The first-order valence-electron chi connectivity index (χ1n) is 21.7. The van der Waals surface area contributed by atoms with Crippen LogP contribution in [-0.2, 0) is 47.7 Å². The molecule has 0 heterocycles. The fourth-order valence-electron chi connectivity index (χ4n) is 6.43. The van der Waals surface area contributed by atoms with E-state index < -0.39 is 66.1 Å². The van der Waals surface area contributed by atoms with Gasteiger partial charge in [-0.15, -0.1) is 0 Å². The Labute approximate surface area is 405 Å². The van der Waals surface area contributed by atoms with Crippen molar-refractivity contribution in [2.75, 3.05) is 52.9 Å². The quantitative estimate of drug-likeness (QED) is 0.0332. The van der Waals surface area contributed by atoms with E-state index in [1.54, 1.807) is 48.5 Å². The lowest BCUT2D eigenvalue weighted by molar-refractivity contribution is -0.154. The summed E-state index contributed by atoms with van der Waals surface area (Å²) < 4.78 is 48.7. The van der Waals surface area contributed by atoms with Gasteiger partial charge >= 0.3 is 29.8 Å². The number of hydrogen-bond donors (Lipinski definition) is 3. The second kappa shape index (κ2) is 29.0. The van der Waals surface area contributed by atoms with Gasteiger partial charge in [0.15, 0.2) is 6.10 Å². The van der Waals surface area contributed by atoms with E-state index in [-0.39, 0.29) is 52.9 Å². The summed E-state index contributed by atoms with van der Waals surface area (Å²) in [6.07, 6.45) is 0.653. The molecule has 0 fully saturated rings.